The maximum absolute atomic E-state index is 13.7. The fourth-order valence-corrected chi connectivity index (χ4v) is 15.1. The van der Waals surface area contributed by atoms with Gasteiger partial charge in [0.05, 0.1) is 37.1 Å². The van der Waals surface area contributed by atoms with E-state index in [0.717, 1.165) is 62.4 Å². The van der Waals surface area contributed by atoms with Crippen LogP contribution in [0.2, 0.25) is 0 Å². The Balaban J connectivity index is 1.08. The molecule has 6 aliphatic rings. The van der Waals surface area contributed by atoms with Crippen LogP contribution in [0.1, 0.15) is 111 Å². The smallest absolute Gasteiger partial charge is 0.351 e. The first-order valence-corrected chi connectivity index (χ1v) is 21.1. The number of fused-ring (bicyclic) bond motifs is 7. The Kier molecular flexibility index (Phi) is 9.56. The molecule has 0 bridgehead atoms. The molecule has 14 nitrogen and oxygen atoms in total. The number of carbonyl (C=O) groups is 1. The fourth-order valence-electron chi connectivity index (χ4n) is 15.1. The summed E-state index contributed by atoms with van der Waals surface area (Å²) in [6.45, 7) is 17.8. The lowest BCUT2D eigenvalue weighted by Gasteiger charge is -2.73. The molecule has 2 aromatic rings. The third-order valence-electron chi connectivity index (χ3n) is 17.9. The topological polar surface area (TPSA) is 208 Å². The van der Waals surface area contributed by atoms with E-state index < -0.39 is 48.0 Å². The van der Waals surface area contributed by atoms with E-state index >= 15 is 0 Å². The van der Waals surface area contributed by atoms with Gasteiger partial charge >= 0.3 is 11.7 Å². The van der Waals surface area contributed by atoms with Gasteiger partial charge in [0, 0.05) is 6.20 Å². The van der Waals surface area contributed by atoms with Crippen molar-refractivity contribution in [1.82, 2.24) is 24.5 Å². The van der Waals surface area contributed by atoms with E-state index in [4.69, 9.17) is 15.2 Å². The molecule has 2 aromatic heterocycles. The molecule has 8 rings (SSSR count). The van der Waals surface area contributed by atoms with E-state index in [0.29, 0.717) is 35.8 Å². The Morgan fingerprint density at radius 2 is 1.75 bits per heavy atom. The second kappa shape index (κ2) is 13.4. The highest BCUT2D eigenvalue weighted by Gasteiger charge is 2.72. The first-order chi connectivity index (χ1) is 26.8. The standard InChI is InChI=1S/C43H64N6O8/c1-23(2)26-11-15-42(36(54)56-8)17-16-40(6)27(31(26)42)9-10-29-39(5)20-24(33(52)38(3,4)28(39)12-14-41(29,40)7)19-25-21-49(47-46-25)43(22-50)34(53)32(51)35(57-43)48-18-13-30(44)45-37(48)55/h13,18,21,24,26-29,31-35,50-53H,1,9-12,14-17,19-20,22H2,2-8H3,(H2,44,45,55)/t24-,26+,27-,28+,29-,31-,32-,33+,34+,35-,39+,40-,41-,42+,43-/m1/s1. The third-order valence-corrected chi connectivity index (χ3v) is 17.9. The summed E-state index contributed by atoms with van der Waals surface area (Å²) in [5.74, 6) is 1.46. The molecule has 6 N–H and O–H groups in total. The van der Waals surface area contributed by atoms with E-state index in [9.17, 15) is 30.0 Å². The van der Waals surface area contributed by atoms with Crippen LogP contribution in [0.25, 0.3) is 0 Å². The number of ether oxygens (including phenoxy) is 2. The van der Waals surface area contributed by atoms with Gasteiger partial charge in [-0.15, -0.1) is 5.10 Å². The van der Waals surface area contributed by atoms with Crippen LogP contribution < -0.4 is 11.4 Å². The molecule has 6 fully saturated rings. The van der Waals surface area contributed by atoms with Gasteiger partial charge < -0.3 is 35.6 Å². The average Bonchev–Trinajstić information content (AvgIpc) is 3.86. The summed E-state index contributed by atoms with van der Waals surface area (Å²) in [6.07, 6.45) is 6.81. The quantitative estimate of drug-likeness (QED) is 0.199. The predicted octanol–water partition coefficient (Wildman–Crippen LogP) is 3.97. The molecular formula is C43H64N6O8. The molecule has 5 saturated carbocycles. The number of hydrogen-bond acceptors (Lipinski definition) is 12. The molecule has 5 aliphatic carbocycles. The lowest BCUT2D eigenvalue weighted by Crippen LogP contribution is -2.68. The maximum atomic E-state index is 13.7. The summed E-state index contributed by atoms with van der Waals surface area (Å²) in [4.78, 5) is 30.0. The Labute approximate surface area is 335 Å². The number of rotatable bonds is 7. The monoisotopic (exact) mass is 792 g/mol. The number of aliphatic hydroxyl groups is 4. The van der Waals surface area contributed by atoms with Gasteiger partial charge in [-0.2, -0.15) is 4.98 Å². The molecule has 0 spiro atoms. The molecule has 1 saturated heterocycles. The van der Waals surface area contributed by atoms with Crippen molar-refractivity contribution < 1.29 is 34.7 Å². The van der Waals surface area contributed by atoms with Crippen LogP contribution in [0.3, 0.4) is 0 Å². The second-order valence-corrected chi connectivity index (χ2v) is 20.4. The first kappa shape index (κ1) is 40.6. The Hall–Kier alpha value is -3.17. The minimum atomic E-state index is -1.94. The highest BCUT2D eigenvalue weighted by molar-refractivity contribution is 5.78. The maximum Gasteiger partial charge on any atom is 0.351 e. The summed E-state index contributed by atoms with van der Waals surface area (Å²) >= 11 is 0. The molecule has 314 valence electrons. The van der Waals surface area contributed by atoms with E-state index in [2.05, 4.69) is 63.4 Å². The zero-order valence-corrected chi connectivity index (χ0v) is 34.7. The summed E-state index contributed by atoms with van der Waals surface area (Å²) < 4.78 is 13.9. The fraction of sp³-hybridized carbons (Fsp3) is 0.791. The van der Waals surface area contributed by atoms with Crippen molar-refractivity contribution in [3.8, 4) is 0 Å². The first-order valence-electron chi connectivity index (χ1n) is 21.1. The summed E-state index contributed by atoms with van der Waals surface area (Å²) in [7, 11) is 1.55. The minimum absolute atomic E-state index is 0.00639. The molecule has 57 heavy (non-hydrogen) atoms. The van der Waals surface area contributed by atoms with Crippen molar-refractivity contribution in [1.29, 1.82) is 0 Å². The van der Waals surface area contributed by atoms with Gasteiger partial charge in [0.1, 0.15) is 18.0 Å². The van der Waals surface area contributed by atoms with Crippen molar-refractivity contribution in [2.24, 2.45) is 62.6 Å². The molecule has 15 atom stereocenters. The normalized spacial score (nSPS) is 46.0. The van der Waals surface area contributed by atoms with Gasteiger partial charge in [-0.05, 0) is 134 Å². The molecule has 0 unspecified atom stereocenters. The molecule has 0 radical (unpaired) electrons. The number of aromatic nitrogens is 5. The van der Waals surface area contributed by atoms with Crippen LogP contribution in [0.15, 0.2) is 35.4 Å². The van der Waals surface area contributed by atoms with Crippen LogP contribution >= 0.6 is 0 Å². The van der Waals surface area contributed by atoms with Crippen molar-refractivity contribution in [2.45, 2.75) is 136 Å². The number of nitrogens with zero attached hydrogens (tertiary/aromatic N) is 5. The van der Waals surface area contributed by atoms with Gasteiger partial charge in [0.15, 0.2) is 6.23 Å². The molecule has 0 amide bonds. The van der Waals surface area contributed by atoms with Crippen LogP contribution in [0, 0.1) is 62.6 Å². The van der Waals surface area contributed by atoms with Crippen LogP contribution in [-0.4, -0.2) is 83.0 Å². The SMILES string of the molecule is C=C(C)[C@@H]1CC[C@]2(C(=O)OC)CC[C@]3(C)[C@H](CC[C@@H]4[C@@]5(C)C[C@@H](Cc6cn([C@]7(CO)O[C@@H](n8ccc(N)nc8=O)[C@H](O)[C@@H]7O)nn6)[C@H](O)C(C)(C)[C@@H]5CC[C@]43C)[C@@H]12. The highest BCUT2D eigenvalue weighted by atomic mass is 16.6. The summed E-state index contributed by atoms with van der Waals surface area (Å²) in [5.41, 5.74) is 3.82. The highest BCUT2D eigenvalue weighted by Crippen LogP contribution is 2.78. The lowest BCUT2D eigenvalue weighted by molar-refractivity contribution is -0.257. The van der Waals surface area contributed by atoms with Gasteiger partial charge in [-0.1, -0.05) is 52.0 Å². The van der Waals surface area contributed by atoms with Crippen LogP contribution in [-0.2, 0) is 26.4 Å². The Bertz CT molecular complexity index is 1980. The van der Waals surface area contributed by atoms with Crippen molar-refractivity contribution in [3.63, 3.8) is 0 Å². The number of hydrogen-bond donors (Lipinski definition) is 5. The number of allylic oxidation sites excluding steroid dienone is 1. The van der Waals surface area contributed by atoms with Crippen LogP contribution in [0.5, 0.6) is 0 Å². The van der Waals surface area contributed by atoms with Gasteiger partial charge in [-0.3, -0.25) is 9.36 Å². The van der Waals surface area contributed by atoms with Gasteiger partial charge in [0.25, 0.3) is 0 Å². The largest absolute Gasteiger partial charge is 0.469 e. The van der Waals surface area contributed by atoms with Crippen molar-refractivity contribution in [2.75, 3.05) is 19.5 Å². The number of nitrogens with two attached hydrogens (primary N) is 1. The summed E-state index contributed by atoms with van der Waals surface area (Å²) in [6, 6.07) is 1.37. The number of anilines is 1. The zero-order valence-electron chi connectivity index (χ0n) is 34.7. The van der Waals surface area contributed by atoms with E-state index in [-0.39, 0.29) is 45.3 Å². The molecule has 14 heteroatoms. The molecular weight excluding hydrogens is 729 g/mol. The van der Waals surface area contributed by atoms with E-state index in [1.54, 1.807) is 13.3 Å². The number of carbonyl (C=O) groups excluding carboxylic acids is 1. The second-order valence-electron chi connectivity index (χ2n) is 20.4. The number of methoxy groups -OCH3 is 1. The lowest BCUT2D eigenvalue weighted by atomic mass is 9.31. The number of aliphatic hydroxyl groups excluding tert-OH is 4. The van der Waals surface area contributed by atoms with E-state index in [1.807, 2.05) is 0 Å². The van der Waals surface area contributed by atoms with Crippen molar-refractivity contribution in [3.05, 3.63) is 46.8 Å². The molecule has 1 aliphatic heterocycles. The van der Waals surface area contributed by atoms with Crippen molar-refractivity contribution >= 4 is 11.8 Å². The zero-order chi connectivity index (χ0) is 41.2. The van der Waals surface area contributed by atoms with E-state index in [1.165, 1.54) is 22.5 Å². The van der Waals surface area contributed by atoms with Gasteiger partial charge in [0.2, 0.25) is 5.72 Å². The number of nitrogen functional groups attached to an aromatic ring is 1. The average molecular weight is 793 g/mol. The van der Waals surface area contributed by atoms with Crippen LogP contribution in [0.4, 0.5) is 5.82 Å². The Morgan fingerprint density at radius 3 is 2.42 bits per heavy atom. The minimum Gasteiger partial charge on any atom is -0.469 e. The predicted molar refractivity (Wildman–Crippen MR) is 210 cm³/mol. The Morgan fingerprint density at radius 1 is 1.02 bits per heavy atom. The molecule has 0 aromatic carbocycles. The summed E-state index contributed by atoms with van der Waals surface area (Å²) in [5, 5.41) is 53.9. The molecule has 3 heterocycles. The third kappa shape index (κ3) is 5.41. The van der Waals surface area contributed by atoms with Gasteiger partial charge in [-0.25, -0.2) is 9.48 Å². The number of esters is 1.